The number of benzene rings is 1. The standard InChI is InChI=1S/C8H6F4O2/c1-13-5-2-4(9)3-6(7(5)10)14-8(11)12/h2-3,8H,1H3. The predicted molar refractivity (Wildman–Crippen MR) is 39.5 cm³/mol. The highest BCUT2D eigenvalue weighted by atomic mass is 19.3. The summed E-state index contributed by atoms with van der Waals surface area (Å²) >= 11 is 0. The van der Waals surface area contributed by atoms with Gasteiger partial charge in [0.05, 0.1) is 7.11 Å². The number of hydrogen-bond acceptors (Lipinski definition) is 2. The van der Waals surface area contributed by atoms with E-state index in [1.807, 2.05) is 0 Å². The van der Waals surface area contributed by atoms with Crippen LogP contribution in [0.1, 0.15) is 0 Å². The minimum absolute atomic E-state index is 0.486. The van der Waals surface area contributed by atoms with Crippen molar-refractivity contribution in [1.82, 2.24) is 0 Å². The van der Waals surface area contributed by atoms with E-state index in [0.717, 1.165) is 13.2 Å². The quantitative estimate of drug-likeness (QED) is 0.714. The van der Waals surface area contributed by atoms with Crippen LogP contribution in [0.4, 0.5) is 17.6 Å². The van der Waals surface area contributed by atoms with E-state index in [1.165, 1.54) is 0 Å². The van der Waals surface area contributed by atoms with E-state index in [-0.39, 0.29) is 0 Å². The molecule has 0 atom stereocenters. The summed E-state index contributed by atoms with van der Waals surface area (Å²) in [5, 5.41) is 0. The average Bonchev–Trinajstić information content (AvgIpc) is 2.09. The molecule has 0 bridgehead atoms. The highest BCUT2D eigenvalue weighted by Crippen LogP contribution is 2.28. The molecule has 0 amide bonds. The van der Waals surface area contributed by atoms with Gasteiger partial charge in [0.15, 0.2) is 11.5 Å². The first-order chi connectivity index (χ1) is 6.54. The summed E-state index contributed by atoms with van der Waals surface area (Å²) in [5.41, 5.74) is 0. The fourth-order valence-electron chi connectivity index (χ4n) is 0.871. The Bertz CT molecular complexity index is 327. The molecule has 0 aliphatic carbocycles. The Morgan fingerprint density at radius 3 is 2.21 bits per heavy atom. The number of alkyl halides is 2. The Hall–Kier alpha value is -1.46. The molecule has 0 heterocycles. The largest absolute Gasteiger partial charge is 0.493 e. The number of hydrogen-bond donors (Lipinski definition) is 0. The second-order valence-electron chi connectivity index (χ2n) is 2.30. The van der Waals surface area contributed by atoms with E-state index in [1.54, 1.807) is 0 Å². The lowest BCUT2D eigenvalue weighted by molar-refractivity contribution is -0.0525. The predicted octanol–water partition coefficient (Wildman–Crippen LogP) is 2.57. The molecule has 0 radical (unpaired) electrons. The Morgan fingerprint density at radius 1 is 1.14 bits per heavy atom. The number of ether oxygens (including phenoxy) is 2. The van der Waals surface area contributed by atoms with Gasteiger partial charge >= 0.3 is 6.61 Å². The Kier molecular flexibility index (Phi) is 3.16. The molecule has 1 rings (SSSR count). The van der Waals surface area contributed by atoms with Crippen molar-refractivity contribution in [3.05, 3.63) is 23.8 Å². The molecule has 0 unspecified atom stereocenters. The van der Waals surface area contributed by atoms with Crippen LogP contribution in [-0.4, -0.2) is 13.7 Å². The maximum atomic E-state index is 13.1. The molecule has 0 aliphatic heterocycles. The van der Waals surface area contributed by atoms with Crippen LogP contribution in [0.2, 0.25) is 0 Å². The molecule has 0 aliphatic rings. The van der Waals surface area contributed by atoms with Gasteiger partial charge in [0.1, 0.15) is 5.82 Å². The highest BCUT2D eigenvalue weighted by Gasteiger charge is 2.16. The fraction of sp³-hybridized carbons (Fsp3) is 0.250. The third-order valence-electron chi connectivity index (χ3n) is 1.41. The van der Waals surface area contributed by atoms with E-state index in [2.05, 4.69) is 9.47 Å². The van der Waals surface area contributed by atoms with Gasteiger partial charge in [-0.2, -0.15) is 13.2 Å². The molecule has 0 saturated carbocycles. The van der Waals surface area contributed by atoms with Crippen molar-refractivity contribution in [2.75, 3.05) is 7.11 Å². The topological polar surface area (TPSA) is 18.5 Å². The lowest BCUT2D eigenvalue weighted by Gasteiger charge is -2.08. The van der Waals surface area contributed by atoms with Gasteiger partial charge in [0.25, 0.3) is 0 Å². The van der Waals surface area contributed by atoms with Gasteiger partial charge in [-0.05, 0) is 0 Å². The zero-order valence-electron chi connectivity index (χ0n) is 7.06. The summed E-state index contributed by atoms with van der Waals surface area (Å²) in [4.78, 5) is 0. The molecule has 6 heteroatoms. The molecule has 1 aromatic rings. The van der Waals surface area contributed by atoms with E-state index in [4.69, 9.17) is 0 Å². The molecule has 1 aromatic carbocycles. The summed E-state index contributed by atoms with van der Waals surface area (Å²) in [5.74, 6) is -3.44. The molecule has 0 fully saturated rings. The SMILES string of the molecule is COc1cc(F)cc(OC(F)F)c1F. The normalized spacial score (nSPS) is 10.4. The van der Waals surface area contributed by atoms with E-state index >= 15 is 0 Å². The molecule has 0 spiro atoms. The van der Waals surface area contributed by atoms with Gasteiger partial charge in [-0.3, -0.25) is 0 Å². The summed E-state index contributed by atoms with van der Waals surface area (Å²) in [6.07, 6.45) is 0. The average molecular weight is 210 g/mol. The number of halogens is 4. The molecule has 0 N–H and O–H groups in total. The van der Waals surface area contributed by atoms with Gasteiger partial charge in [0.2, 0.25) is 5.82 Å². The van der Waals surface area contributed by atoms with Crippen LogP contribution < -0.4 is 9.47 Å². The van der Waals surface area contributed by atoms with Crippen LogP contribution in [0.3, 0.4) is 0 Å². The smallest absolute Gasteiger partial charge is 0.387 e. The second-order valence-corrected chi connectivity index (χ2v) is 2.30. The van der Waals surface area contributed by atoms with Crippen LogP contribution in [-0.2, 0) is 0 Å². The first-order valence-corrected chi connectivity index (χ1v) is 3.52. The molecule has 14 heavy (non-hydrogen) atoms. The summed E-state index contributed by atoms with van der Waals surface area (Å²) in [7, 11) is 1.09. The van der Waals surface area contributed by atoms with E-state index < -0.39 is 29.7 Å². The lowest BCUT2D eigenvalue weighted by Crippen LogP contribution is -2.05. The minimum Gasteiger partial charge on any atom is -0.493 e. The summed E-state index contributed by atoms with van der Waals surface area (Å²) < 4.78 is 57.3. The van der Waals surface area contributed by atoms with Gasteiger partial charge in [0, 0.05) is 12.1 Å². The first kappa shape index (κ1) is 10.6. The van der Waals surface area contributed by atoms with Crippen molar-refractivity contribution >= 4 is 0 Å². The highest BCUT2D eigenvalue weighted by molar-refractivity contribution is 5.36. The Morgan fingerprint density at radius 2 is 1.71 bits per heavy atom. The molecular weight excluding hydrogens is 204 g/mol. The molecule has 2 nitrogen and oxygen atoms in total. The zero-order valence-corrected chi connectivity index (χ0v) is 7.06. The van der Waals surface area contributed by atoms with Crippen molar-refractivity contribution in [1.29, 1.82) is 0 Å². The summed E-state index contributed by atoms with van der Waals surface area (Å²) in [6, 6.07) is 1.25. The lowest BCUT2D eigenvalue weighted by atomic mass is 10.3. The van der Waals surface area contributed by atoms with Gasteiger partial charge < -0.3 is 9.47 Å². The maximum absolute atomic E-state index is 13.1. The Balaban J connectivity index is 3.08. The first-order valence-electron chi connectivity index (χ1n) is 3.52. The van der Waals surface area contributed by atoms with Gasteiger partial charge in [-0.1, -0.05) is 0 Å². The third-order valence-corrected chi connectivity index (χ3v) is 1.41. The molecular formula is C8H6F4O2. The van der Waals surface area contributed by atoms with Crippen LogP contribution in [0.25, 0.3) is 0 Å². The van der Waals surface area contributed by atoms with E-state index in [9.17, 15) is 17.6 Å². The molecule has 0 aromatic heterocycles. The second kappa shape index (κ2) is 4.17. The third kappa shape index (κ3) is 2.27. The van der Waals surface area contributed by atoms with Gasteiger partial charge in [-0.25, -0.2) is 4.39 Å². The number of methoxy groups -OCH3 is 1. The van der Waals surface area contributed by atoms with Crippen LogP contribution in [0, 0.1) is 11.6 Å². The summed E-state index contributed by atoms with van der Waals surface area (Å²) in [6.45, 7) is -3.21. The van der Waals surface area contributed by atoms with Crippen molar-refractivity contribution in [2.45, 2.75) is 6.61 Å². The van der Waals surface area contributed by atoms with Crippen molar-refractivity contribution in [2.24, 2.45) is 0 Å². The zero-order chi connectivity index (χ0) is 10.7. The van der Waals surface area contributed by atoms with Crippen molar-refractivity contribution in [3.8, 4) is 11.5 Å². The van der Waals surface area contributed by atoms with Crippen LogP contribution in [0.15, 0.2) is 12.1 Å². The Labute approximate surface area is 77.1 Å². The monoisotopic (exact) mass is 210 g/mol. The number of rotatable bonds is 3. The van der Waals surface area contributed by atoms with Crippen molar-refractivity contribution in [3.63, 3.8) is 0 Å². The maximum Gasteiger partial charge on any atom is 0.387 e. The molecule has 78 valence electrons. The van der Waals surface area contributed by atoms with Crippen molar-refractivity contribution < 1.29 is 27.0 Å². The van der Waals surface area contributed by atoms with Crippen LogP contribution >= 0.6 is 0 Å². The van der Waals surface area contributed by atoms with E-state index in [0.29, 0.717) is 6.07 Å². The van der Waals surface area contributed by atoms with Gasteiger partial charge in [-0.15, -0.1) is 0 Å². The minimum atomic E-state index is -3.21. The van der Waals surface area contributed by atoms with Crippen LogP contribution in [0.5, 0.6) is 11.5 Å². The fourth-order valence-corrected chi connectivity index (χ4v) is 0.871. The molecule has 0 saturated heterocycles.